The summed E-state index contributed by atoms with van der Waals surface area (Å²) < 4.78 is 1.87. The number of aromatic nitrogens is 1. The standard InChI is InChI=1S/C23H23N3O5/c1-13-10-16(14(2)25(13)18-9-5-6-15(11-18)22(29)30)12-19-20(27)24-23(31)26(21(19)28)17-7-3-4-8-17/h5-6,9-12,17H,3-4,7-8H2,1-2H3,(H,29,30)(H,24,27,31)/b19-12+. The Morgan fingerprint density at radius 1 is 1.13 bits per heavy atom. The van der Waals surface area contributed by atoms with Gasteiger partial charge in [0.1, 0.15) is 5.57 Å². The highest BCUT2D eigenvalue weighted by atomic mass is 16.4. The molecule has 1 aromatic carbocycles. The zero-order chi connectivity index (χ0) is 22.3. The van der Waals surface area contributed by atoms with E-state index < -0.39 is 23.8 Å². The molecule has 160 valence electrons. The van der Waals surface area contributed by atoms with Crippen LogP contribution < -0.4 is 5.32 Å². The highest BCUT2D eigenvalue weighted by molar-refractivity contribution is 6.31. The Hall–Kier alpha value is -3.68. The predicted octanol–water partition coefficient (Wildman–Crippen LogP) is 3.20. The second kappa shape index (κ2) is 7.86. The van der Waals surface area contributed by atoms with E-state index in [9.17, 15) is 24.3 Å². The number of nitrogens with one attached hydrogen (secondary N) is 1. The van der Waals surface area contributed by atoms with Crippen molar-refractivity contribution in [1.29, 1.82) is 0 Å². The van der Waals surface area contributed by atoms with Gasteiger partial charge in [0.15, 0.2) is 0 Å². The van der Waals surface area contributed by atoms with Crippen LogP contribution in [0.3, 0.4) is 0 Å². The van der Waals surface area contributed by atoms with Gasteiger partial charge in [-0.1, -0.05) is 18.9 Å². The molecule has 8 heteroatoms. The Morgan fingerprint density at radius 2 is 1.84 bits per heavy atom. The molecule has 4 amide bonds. The topological polar surface area (TPSA) is 109 Å². The number of carboxylic acid groups (broad SMARTS) is 1. The van der Waals surface area contributed by atoms with Gasteiger partial charge in [0, 0.05) is 23.1 Å². The summed E-state index contributed by atoms with van der Waals surface area (Å²) in [7, 11) is 0. The third-order valence-corrected chi connectivity index (χ3v) is 5.94. The summed E-state index contributed by atoms with van der Waals surface area (Å²) >= 11 is 0. The van der Waals surface area contributed by atoms with E-state index in [0.717, 1.165) is 37.1 Å². The van der Waals surface area contributed by atoms with Crippen molar-refractivity contribution in [2.45, 2.75) is 45.6 Å². The van der Waals surface area contributed by atoms with Gasteiger partial charge in [-0.2, -0.15) is 0 Å². The van der Waals surface area contributed by atoms with Gasteiger partial charge in [0.05, 0.1) is 5.56 Å². The second-order valence-electron chi connectivity index (χ2n) is 7.95. The Balaban J connectivity index is 1.73. The summed E-state index contributed by atoms with van der Waals surface area (Å²) in [4.78, 5) is 50.3. The summed E-state index contributed by atoms with van der Waals surface area (Å²) in [6.45, 7) is 3.69. The first-order chi connectivity index (χ1) is 14.8. The molecular formula is C23H23N3O5. The Kier molecular flexibility index (Phi) is 5.22. The zero-order valence-electron chi connectivity index (χ0n) is 17.3. The van der Waals surface area contributed by atoms with E-state index in [1.54, 1.807) is 18.2 Å². The van der Waals surface area contributed by atoms with Gasteiger partial charge in [-0.25, -0.2) is 9.59 Å². The van der Waals surface area contributed by atoms with Crippen molar-refractivity contribution >= 4 is 29.9 Å². The molecule has 1 aromatic heterocycles. The van der Waals surface area contributed by atoms with E-state index in [0.29, 0.717) is 11.3 Å². The summed E-state index contributed by atoms with van der Waals surface area (Å²) in [6, 6.07) is 7.53. The lowest BCUT2D eigenvalue weighted by molar-refractivity contribution is -0.131. The third kappa shape index (κ3) is 3.65. The van der Waals surface area contributed by atoms with E-state index in [1.807, 2.05) is 24.5 Å². The minimum Gasteiger partial charge on any atom is -0.478 e. The fraction of sp³-hybridized carbons (Fsp3) is 0.304. The number of carbonyl (C=O) groups excluding carboxylic acids is 3. The van der Waals surface area contributed by atoms with Crippen LogP contribution in [-0.2, 0) is 9.59 Å². The maximum atomic E-state index is 13.0. The molecule has 1 aliphatic heterocycles. The molecule has 1 saturated heterocycles. The molecule has 31 heavy (non-hydrogen) atoms. The van der Waals surface area contributed by atoms with Crippen LogP contribution in [0.1, 0.15) is 53.0 Å². The molecule has 2 aliphatic rings. The highest BCUT2D eigenvalue weighted by Gasteiger charge is 2.40. The van der Waals surface area contributed by atoms with Gasteiger partial charge in [0.25, 0.3) is 11.8 Å². The lowest BCUT2D eigenvalue weighted by atomic mass is 10.1. The molecule has 2 aromatic rings. The zero-order valence-corrected chi connectivity index (χ0v) is 17.3. The number of aromatic carboxylic acids is 1. The number of carbonyl (C=O) groups is 4. The van der Waals surface area contributed by atoms with Crippen molar-refractivity contribution in [2.24, 2.45) is 0 Å². The molecular weight excluding hydrogens is 398 g/mol. The number of imide groups is 2. The molecule has 2 heterocycles. The molecule has 0 atom stereocenters. The van der Waals surface area contributed by atoms with E-state index in [4.69, 9.17) is 0 Å². The SMILES string of the molecule is Cc1cc(/C=C2\C(=O)NC(=O)N(C3CCCC3)C2=O)c(C)n1-c1cccc(C(=O)O)c1. The van der Waals surface area contributed by atoms with Crippen LogP contribution in [0.2, 0.25) is 0 Å². The smallest absolute Gasteiger partial charge is 0.335 e. The monoisotopic (exact) mass is 421 g/mol. The number of urea groups is 1. The predicted molar refractivity (Wildman–Crippen MR) is 113 cm³/mol. The molecule has 4 rings (SSSR count). The number of barbiturate groups is 1. The first-order valence-corrected chi connectivity index (χ1v) is 10.2. The number of rotatable bonds is 4. The minimum atomic E-state index is -1.02. The van der Waals surface area contributed by atoms with Gasteiger partial charge < -0.3 is 9.67 Å². The normalized spacial score (nSPS) is 18.7. The number of carboxylic acids is 1. The molecule has 1 saturated carbocycles. The number of hydrogen-bond acceptors (Lipinski definition) is 4. The van der Waals surface area contributed by atoms with Gasteiger partial charge >= 0.3 is 12.0 Å². The van der Waals surface area contributed by atoms with Crippen molar-refractivity contribution in [3.8, 4) is 5.69 Å². The van der Waals surface area contributed by atoms with E-state index in [2.05, 4.69) is 5.32 Å². The van der Waals surface area contributed by atoms with Crippen molar-refractivity contribution in [3.05, 3.63) is 58.4 Å². The first-order valence-electron chi connectivity index (χ1n) is 10.2. The van der Waals surface area contributed by atoms with Crippen LogP contribution in [0.4, 0.5) is 4.79 Å². The number of amides is 4. The van der Waals surface area contributed by atoms with Crippen LogP contribution in [0.25, 0.3) is 11.8 Å². The fourth-order valence-corrected chi connectivity index (χ4v) is 4.43. The number of benzene rings is 1. The average Bonchev–Trinajstić information content (AvgIpc) is 3.33. The maximum Gasteiger partial charge on any atom is 0.335 e. The number of hydrogen-bond donors (Lipinski definition) is 2. The van der Waals surface area contributed by atoms with Gasteiger partial charge in [-0.15, -0.1) is 0 Å². The van der Waals surface area contributed by atoms with E-state index >= 15 is 0 Å². The maximum absolute atomic E-state index is 13.0. The Labute approximate surface area is 179 Å². The van der Waals surface area contributed by atoms with Crippen LogP contribution in [0, 0.1) is 13.8 Å². The largest absolute Gasteiger partial charge is 0.478 e. The first kappa shape index (κ1) is 20.6. The van der Waals surface area contributed by atoms with Crippen LogP contribution >= 0.6 is 0 Å². The van der Waals surface area contributed by atoms with Crippen molar-refractivity contribution in [3.63, 3.8) is 0 Å². The summed E-state index contributed by atoms with van der Waals surface area (Å²) in [5, 5.41) is 11.6. The molecule has 1 aliphatic carbocycles. The molecule has 0 unspecified atom stereocenters. The van der Waals surface area contributed by atoms with Gasteiger partial charge in [-0.3, -0.25) is 19.8 Å². The quantitative estimate of drug-likeness (QED) is 0.582. The minimum absolute atomic E-state index is 0.0777. The summed E-state index contributed by atoms with van der Waals surface area (Å²) in [6.07, 6.45) is 4.90. The van der Waals surface area contributed by atoms with Crippen LogP contribution in [0.5, 0.6) is 0 Å². The summed E-state index contributed by atoms with van der Waals surface area (Å²) in [5.74, 6) is -2.30. The molecule has 8 nitrogen and oxygen atoms in total. The molecule has 2 fully saturated rings. The average molecular weight is 421 g/mol. The van der Waals surface area contributed by atoms with Crippen molar-refractivity contribution in [2.75, 3.05) is 0 Å². The highest BCUT2D eigenvalue weighted by Crippen LogP contribution is 2.28. The molecule has 2 N–H and O–H groups in total. The Bertz CT molecular complexity index is 1140. The molecule has 0 bridgehead atoms. The van der Waals surface area contributed by atoms with Crippen molar-refractivity contribution in [1.82, 2.24) is 14.8 Å². The van der Waals surface area contributed by atoms with Crippen LogP contribution in [0.15, 0.2) is 35.9 Å². The lowest BCUT2D eigenvalue weighted by Crippen LogP contribution is -2.57. The van der Waals surface area contributed by atoms with E-state index in [-0.39, 0.29) is 17.2 Å². The Morgan fingerprint density at radius 3 is 2.52 bits per heavy atom. The number of nitrogens with zero attached hydrogens (tertiary/aromatic N) is 2. The summed E-state index contributed by atoms with van der Waals surface area (Å²) in [5.41, 5.74) is 2.97. The third-order valence-electron chi connectivity index (χ3n) is 5.94. The fourth-order valence-electron chi connectivity index (χ4n) is 4.43. The van der Waals surface area contributed by atoms with Gasteiger partial charge in [0.2, 0.25) is 0 Å². The second-order valence-corrected chi connectivity index (χ2v) is 7.95. The molecule has 0 spiro atoms. The number of aryl methyl sites for hydroxylation is 1. The molecule has 0 radical (unpaired) electrons. The van der Waals surface area contributed by atoms with E-state index in [1.165, 1.54) is 17.0 Å². The van der Waals surface area contributed by atoms with Gasteiger partial charge in [-0.05, 0) is 62.6 Å². The van der Waals surface area contributed by atoms with Crippen LogP contribution in [-0.4, -0.2) is 44.4 Å². The lowest BCUT2D eigenvalue weighted by Gasteiger charge is -2.31. The van der Waals surface area contributed by atoms with Crippen molar-refractivity contribution < 1.29 is 24.3 Å².